The standard InChI is InChI=1S/C24H29N3O7S2/c1-15-5-4-11-27(13-15)36(31,32)17-8-6-16(7-9-17)21(28)25-22-20(23(29)33-2)18-10-12-26(24(30)34-3)14-19(18)35-22/h6-9,15H,4-5,10-14H2,1-3H3,(H,25,28). The molecule has 0 saturated carbocycles. The number of amides is 2. The fourth-order valence-electron chi connectivity index (χ4n) is 4.56. The molecule has 10 nitrogen and oxygen atoms in total. The number of esters is 1. The van der Waals surface area contributed by atoms with Crippen molar-refractivity contribution in [2.45, 2.75) is 37.6 Å². The van der Waals surface area contributed by atoms with Gasteiger partial charge in [0.25, 0.3) is 5.91 Å². The summed E-state index contributed by atoms with van der Waals surface area (Å²) in [5, 5.41) is 3.09. The van der Waals surface area contributed by atoms with E-state index in [9.17, 15) is 22.8 Å². The molecule has 36 heavy (non-hydrogen) atoms. The zero-order valence-corrected chi connectivity index (χ0v) is 22.0. The van der Waals surface area contributed by atoms with Gasteiger partial charge in [-0.1, -0.05) is 6.92 Å². The molecule has 2 aliphatic heterocycles. The lowest BCUT2D eigenvalue weighted by molar-refractivity contribution is 0.0600. The maximum absolute atomic E-state index is 13.0. The molecule has 1 N–H and O–H groups in total. The van der Waals surface area contributed by atoms with Crippen molar-refractivity contribution in [2.75, 3.05) is 39.2 Å². The molecule has 0 bridgehead atoms. The Morgan fingerprint density at radius 3 is 2.44 bits per heavy atom. The number of benzene rings is 1. The first kappa shape index (κ1) is 26.1. The van der Waals surface area contributed by atoms with E-state index in [4.69, 9.17) is 9.47 Å². The molecule has 0 radical (unpaired) electrons. The quantitative estimate of drug-likeness (QED) is 0.583. The molecular formula is C24H29N3O7S2. The number of sulfonamides is 1. The zero-order chi connectivity index (χ0) is 26.0. The summed E-state index contributed by atoms with van der Waals surface area (Å²) in [7, 11) is -1.06. The summed E-state index contributed by atoms with van der Waals surface area (Å²) in [6, 6.07) is 5.77. The lowest BCUT2D eigenvalue weighted by Gasteiger charge is -2.30. The van der Waals surface area contributed by atoms with E-state index < -0.39 is 28.0 Å². The minimum atomic E-state index is -3.63. The van der Waals surface area contributed by atoms with Crippen LogP contribution in [-0.2, 0) is 32.5 Å². The van der Waals surface area contributed by atoms with Crippen molar-refractivity contribution in [3.05, 3.63) is 45.8 Å². The highest BCUT2D eigenvalue weighted by Crippen LogP contribution is 2.38. The fraction of sp³-hybridized carbons (Fsp3) is 0.458. The van der Waals surface area contributed by atoms with Crippen LogP contribution in [0.15, 0.2) is 29.2 Å². The predicted molar refractivity (Wildman–Crippen MR) is 134 cm³/mol. The molecule has 2 amide bonds. The van der Waals surface area contributed by atoms with Crippen LogP contribution >= 0.6 is 11.3 Å². The summed E-state index contributed by atoms with van der Waals surface area (Å²) in [6.07, 6.45) is 1.79. The predicted octanol–water partition coefficient (Wildman–Crippen LogP) is 3.33. The van der Waals surface area contributed by atoms with Crippen LogP contribution < -0.4 is 5.32 Å². The van der Waals surface area contributed by atoms with Gasteiger partial charge in [-0.2, -0.15) is 4.31 Å². The highest BCUT2D eigenvalue weighted by Gasteiger charge is 2.32. The number of carbonyl (C=O) groups is 3. The molecule has 194 valence electrons. The minimum Gasteiger partial charge on any atom is -0.465 e. The Morgan fingerprint density at radius 1 is 1.08 bits per heavy atom. The lowest BCUT2D eigenvalue weighted by atomic mass is 10.0. The molecule has 1 fully saturated rings. The molecule has 4 rings (SSSR count). The first-order valence-corrected chi connectivity index (χ1v) is 13.9. The largest absolute Gasteiger partial charge is 0.465 e. The van der Waals surface area contributed by atoms with Crippen LogP contribution in [0.5, 0.6) is 0 Å². The molecular weight excluding hydrogens is 506 g/mol. The van der Waals surface area contributed by atoms with E-state index in [2.05, 4.69) is 5.32 Å². The Labute approximate surface area is 214 Å². The molecule has 3 heterocycles. The third-order valence-electron chi connectivity index (χ3n) is 6.48. The number of anilines is 1. The molecule has 1 atom stereocenters. The lowest BCUT2D eigenvalue weighted by Crippen LogP contribution is -2.39. The van der Waals surface area contributed by atoms with Gasteiger partial charge in [-0.05, 0) is 55.0 Å². The van der Waals surface area contributed by atoms with Gasteiger partial charge in [-0.3, -0.25) is 4.79 Å². The number of fused-ring (bicyclic) bond motifs is 1. The SMILES string of the molecule is COC(=O)c1c(NC(=O)c2ccc(S(=O)(=O)N3CCCC(C)C3)cc2)sc2c1CCN(C(=O)OC)C2. The molecule has 2 aliphatic rings. The number of nitrogens with zero attached hydrogens (tertiary/aromatic N) is 2. The number of rotatable bonds is 5. The van der Waals surface area contributed by atoms with Gasteiger partial charge in [-0.25, -0.2) is 18.0 Å². The molecule has 12 heteroatoms. The normalized spacial score (nSPS) is 18.3. The Morgan fingerprint density at radius 2 is 1.81 bits per heavy atom. The second kappa shape index (κ2) is 10.6. The van der Waals surface area contributed by atoms with Crippen molar-refractivity contribution in [3.63, 3.8) is 0 Å². The topological polar surface area (TPSA) is 122 Å². The first-order valence-electron chi connectivity index (χ1n) is 11.6. The van der Waals surface area contributed by atoms with Crippen LogP contribution in [0.2, 0.25) is 0 Å². The van der Waals surface area contributed by atoms with Crippen LogP contribution in [0.1, 0.15) is 50.9 Å². The fourth-order valence-corrected chi connectivity index (χ4v) is 7.41. The van der Waals surface area contributed by atoms with E-state index in [1.807, 2.05) is 6.92 Å². The van der Waals surface area contributed by atoms with Crippen molar-refractivity contribution < 1.29 is 32.3 Å². The Hall–Kier alpha value is -2.96. The average molecular weight is 536 g/mol. The molecule has 1 saturated heterocycles. The van der Waals surface area contributed by atoms with E-state index in [1.54, 1.807) is 0 Å². The highest BCUT2D eigenvalue weighted by molar-refractivity contribution is 7.89. The molecule has 0 spiro atoms. The van der Waals surface area contributed by atoms with Crippen molar-refractivity contribution in [1.29, 1.82) is 0 Å². The van der Waals surface area contributed by atoms with Crippen molar-refractivity contribution in [2.24, 2.45) is 5.92 Å². The molecule has 0 aliphatic carbocycles. The Balaban J connectivity index is 1.55. The van der Waals surface area contributed by atoms with Crippen molar-refractivity contribution in [1.82, 2.24) is 9.21 Å². The summed E-state index contributed by atoms with van der Waals surface area (Å²) in [5.74, 6) is -0.760. The first-order chi connectivity index (χ1) is 17.1. The molecule has 1 aromatic heterocycles. The molecule has 1 unspecified atom stereocenters. The average Bonchev–Trinajstić information content (AvgIpc) is 3.24. The van der Waals surface area contributed by atoms with Crippen LogP contribution in [0.25, 0.3) is 0 Å². The van der Waals surface area contributed by atoms with Gasteiger partial charge in [0, 0.05) is 30.1 Å². The maximum Gasteiger partial charge on any atom is 0.409 e. The van der Waals surface area contributed by atoms with E-state index in [1.165, 1.54) is 59.0 Å². The number of nitrogens with one attached hydrogen (secondary N) is 1. The van der Waals surface area contributed by atoms with Gasteiger partial charge < -0.3 is 19.7 Å². The number of ether oxygens (including phenoxy) is 2. The van der Waals surface area contributed by atoms with Gasteiger partial charge in [0.05, 0.1) is 31.2 Å². The van der Waals surface area contributed by atoms with Crippen LogP contribution in [0.3, 0.4) is 0 Å². The second-order valence-corrected chi connectivity index (χ2v) is 12.0. The Kier molecular flexibility index (Phi) is 7.67. The third kappa shape index (κ3) is 5.11. The maximum atomic E-state index is 13.0. The monoisotopic (exact) mass is 535 g/mol. The summed E-state index contributed by atoms with van der Waals surface area (Å²) in [4.78, 5) is 39.9. The van der Waals surface area contributed by atoms with Gasteiger partial charge in [0.15, 0.2) is 0 Å². The zero-order valence-electron chi connectivity index (χ0n) is 20.4. The highest BCUT2D eigenvalue weighted by atomic mass is 32.2. The van der Waals surface area contributed by atoms with Crippen LogP contribution in [-0.4, -0.2) is 69.4 Å². The van der Waals surface area contributed by atoms with Crippen molar-refractivity contribution >= 4 is 44.3 Å². The number of methoxy groups -OCH3 is 2. The van der Waals surface area contributed by atoms with Gasteiger partial charge >= 0.3 is 12.1 Å². The number of hydrogen-bond donors (Lipinski definition) is 1. The molecule has 2 aromatic rings. The number of carbonyl (C=O) groups excluding carboxylic acids is 3. The summed E-state index contributed by atoms with van der Waals surface area (Å²) in [6.45, 7) is 3.64. The second-order valence-electron chi connectivity index (χ2n) is 8.93. The van der Waals surface area contributed by atoms with E-state index in [0.717, 1.165) is 23.3 Å². The Bertz CT molecular complexity index is 1270. The number of piperidine rings is 1. The summed E-state index contributed by atoms with van der Waals surface area (Å²) < 4.78 is 37.2. The molecule has 1 aromatic carbocycles. The van der Waals surface area contributed by atoms with E-state index >= 15 is 0 Å². The smallest absolute Gasteiger partial charge is 0.409 e. The van der Waals surface area contributed by atoms with Gasteiger partial charge in [0.2, 0.25) is 10.0 Å². The number of hydrogen-bond acceptors (Lipinski definition) is 8. The summed E-state index contributed by atoms with van der Waals surface area (Å²) in [5.41, 5.74) is 1.26. The van der Waals surface area contributed by atoms with E-state index in [-0.39, 0.29) is 22.6 Å². The van der Waals surface area contributed by atoms with Gasteiger partial charge in [0.1, 0.15) is 5.00 Å². The third-order valence-corrected chi connectivity index (χ3v) is 9.49. The summed E-state index contributed by atoms with van der Waals surface area (Å²) >= 11 is 1.20. The minimum absolute atomic E-state index is 0.137. The van der Waals surface area contributed by atoms with E-state index in [0.29, 0.717) is 37.0 Å². The van der Waals surface area contributed by atoms with Gasteiger partial charge in [-0.15, -0.1) is 11.3 Å². The van der Waals surface area contributed by atoms with Crippen molar-refractivity contribution in [3.8, 4) is 0 Å². The number of thiophene rings is 1. The van der Waals surface area contributed by atoms with Crippen LogP contribution in [0, 0.1) is 5.92 Å². The van der Waals surface area contributed by atoms with Crippen LogP contribution in [0.4, 0.5) is 9.80 Å².